The van der Waals surface area contributed by atoms with Gasteiger partial charge in [0.05, 0.1) is 0 Å². The molecule has 0 saturated heterocycles. The third kappa shape index (κ3) is 8.54. The highest BCUT2D eigenvalue weighted by Gasteiger charge is 1.87. The number of nitrogens with zero attached hydrogens (tertiary/aromatic N) is 1. The highest BCUT2D eigenvalue weighted by Crippen LogP contribution is 1.99. The minimum Gasteiger partial charge on any atom is -0.263 e. The Morgan fingerprint density at radius 2 is 1.80 bits per heavy atom. The minimum atomic E-state index is 0.117. The van der Waals surface area contributed by atoms with Crippen molar-refractivity contribution in [3.8, 4) is 0 Å². The molecule has 0 N–H and O–H groups in total. The molecular formula is C6H10Cl3N. The van der Waals surface area contributed by atoms with Crippen molar-refractivity contribution in [1.82, 2.24) is 0 Å². The standard InChI is InChI=1S/C6H10Cl3N/c7-4-2-1-3-5-10-6(8)9/h1-5H2. The molecule has 0 aliphatic rings. The lowest BCUT2D eigenvalue weighted by molar-refractivity contribution is 0.733. The molecule has 0 unspecified atom stereocenters. The summed E-state index contributed by atoms with van der Waals surface area (Å²) in [4.78, 5) is 3.80. The van der Waals surface area contributed by atoms with E-state index in [2.05, 4.69) is 4.99 Å². The Morgan fingerprint density at radius 3 is 2.30 bits per heavy atom. The van der Waals surface area contributed by atoms with Gasteiger partial charge < -0.3 is 0 Å². The molecule has 60 valence electrons. The molecule has 0 heterocycles. The molecule has 0 spiro atoms. The quantitative estimate of drug-likeness (QED) is 0.369. The van der Waals surface area contributed by atoms with Crippen molar-refractivity contribution in [2.75, 3.05) is 12.4 Å². The van der Waals surface area contributed by atoms with Crippen LogP contribution in [0.3, 0.4) is 0 Å². The zero-order valence-corrected chi connectivity index (χ0v) is 7.88. The summed E-state index contributed by atoms with van der Waals surface area (Å²) in [6, 6.07) is 0. The Bertz CT molecular complexity index is 99.2. The van der Waals surface area contributed by atoms with E-state index < -0.39 is 0 Å². The van der Waals surface area contributed by atoms with Gasteiger partial charge in [-0.3, -0.25) is 4.99 Å². The number of hydrogen-bond donors (Lipinski definition) is 0. The second kappa shape index (κ2) is 7.64. The molecule has 0 atom stereocenters. The van der Waals surface area contributed by atoms with Crippen molar-refractivity contribution in [2.24, 2.45) is 4.99 Å². The fraction of sp³-hybridized carbons (Fsp3) is 0.833. The van der Waals surface area contributed by atoms with Crippen LogP contribution in [0.5, 0.6) is 0 Å². The summed E-state index contributed by atoms with van der Waals surface area (Å²) in [7, 11) is 0. The first-order valence-corrected chi connectivity index (χ1v) is 4.48. The molecule has 0 aromatic rings. The summed E-state index contributed by atoms with van der Waals surface area (Å²) in [5.41, 5.74) is 0. The number of aliphatic imine (C=N–C) groups is 1. The maximum absolute atomic E-state index is 5.46. The minimum absolute atomic E-state index is 0.117. The number of hydrogen-bond acceptors (Lipinski definition) is 1. The Balaban J connectivity index is 2.98. The van der Waals surface area contributed by atoms with E-state index in [9.17, 15) is 0 Å². The Hall–Kier alpha value is 0.540. The summed E-state index contributed by atoms with van der Waals surface area (Å²) in [6.07, 6.45) is 3.14. The highest BCUT2D eigenvalue weighted by atomic mass is 35.5. The van der Waals surface area contributed by atoms with E-state index in [1.54, 1.807) is 0 Å². The van der Waals surface area contributed by atoms with Gasteiger partial charge in [0.2, 0.25) is 0 Å². The molecule has 0 bridgehead atoms. The molecule has 1 nitrogen and oxygen atoms in total. The van der Waals surface area contributed by atoms with Gasteiger partial charge >= 0.3 is 0 Å². The largest absolute Gasteiger partial charge is 0.263 e. The van der Waals surface area contributed by atoms with E-state index in [1.807, 2.05) is 0 Å². The molecule has 0 aromatic heterocycles. The van der Waals surface area contributed by atoms with Gasteiger partial charge in [-0.25, -0.2) is 0 Å². The first-order valence-electron chi connectivity index (χ1n) is 3.19. The highest BCUT2D eigenvalue weighted by molar-refractivity contribution is 6.95. The third-order valence-electron chi connectivity index (χ3n) is 1.02. The van der Waals surface area contributed by atoms with Crippen molar-refractivity contribution in [3.63, 3.8) is 0 Å². The van der Waals surface area contributed by atoms with Gasteiger partial charge in [0.1, 0.15) is 0 Å². The first kappa shape index (κ1) is 10.5. The zero-order valence-electron chi connectivity index (χ0n) is 5.62. The van der Waals surface area contributed by atoms with Crippen molar-refractivity contribution < 1.29 is 0 Å². The molecule has 0 fully saturated rings. The van der Waals surface area contributed by atoms with E-state index in [1.165, 1.54) is 0 Å². The molecule has 10 heavy (non-hydrogen) atoms. The lowest BCUT2D eigenvalue weighted by Gasteiger charge is -1.92. The van der Waals surface area contributed by atoms with Crippen molar-refractivity contribution in [2.45, 2.75) is 19.3 Å². The smallest absolute Gasteiger partial charge is 0.191 e. The van der Waals surface area contributed by atoms with Gasteiger partial charge in [-0.1, -0.05) is 6.42 Å². The lowest BCUT2D eigenvalue weighted by Crippen LogP contribution is -1.84. The SMILES string of the molecule is ClCCCCCN=C(Cl)Cl. The Kier molecular flexibility index (Phi) is 8.06. The molecule has 0 aromatic carbocycles. The predicted octanol–water partition coefficient (Wildman–Crippen LogP) is 3.23. The molecule has 0 aliphatic heterocycles. The summed E-state index contributed by atoms with van der Waals surface area (Å²) in [5, 5.41) is 0. The van der Waals surface area contributed by atoms with Crippen LogP contribution in [0.1, 0.15) is 19.3 Å². The van der Waals surface area contributed by atoms with Gasteiger partial charge in [0.15, 0.2) is 4.63 Å². The van der Waals surface area contributed by atoms with Crippen LogP contribution in [0, 0.1) is 0 Å². The van der Waals surface area contributed by atoms with Gasteiger partial charge in [-0.15, -0.1) is 11.6 Å². The summed E-state index contributed by atoms with van der Waals surface area (Å²) in [6.45, 7) is 0.708. The molecule has 0 radical (unpaired) electrons. The topological polar surface area (TPSA) is 12.4 Å². The zero-order chi connectivity index (χ0) is 7.82. The number of halogens is 3. The predicted molar refractivity (Wildman–Crippen MR) is 48.6 cm³/mol. The number of rotatable bonds is 5. The normalized spacial score (nSPS) is 9.50. The fourth-order valence-corrected chi connectivity index (χ4v) is 0.905. The van der Waals surface area contributed by atoms with Gasteiger partial charge in [-0.2, -0.15) is 0 Å². The fourth-order valence-electron chi connectivity index (χ4n) is 0.547. The maximum Gasteiger partial charge on any atom is 0.191 e. The van der Waals surface area contributed by atoms with Crippen LogP contribution in [-0.4, -0.2) is 17.1 Å². The molecule has 0 saturated carbocycles. The van der Waals surface area contributed by atoms with Crippen molar-refractivity contribution >= 4 is 39.4 Å². The van der Waals surface area contributed by atoms with Crippen LogP contribution in [0.15, 0.2) is 4.99 Å². The van der Waals surface area contributed by atoms with Crippen LogP contribution < -0.4 is 0 Å². The van der Waals surface area contributed by atoms with Gasteiger partial charge in [-0.05, 0) is 36.0 Å². The second-order valence-corrected chi connectivity index (χ2v) is 3.16. The lowest BCUT2D eigenvalue weighted by atomic mass is 10.2. The molecule has 4 heteroatoms. The summed E-state index contributed by atoms with van der Waals surface area (Å²) >= 11 is 16.0. The third-order valence-corrected chi connectivity index (χ3v) is 1.53. The van der Waals surface area contributed by atoms with Crippen LogP contribution in [-0.2, 0) is 0 Å². The molecule has 0 rings (SSSR count). The summed E-state index contributed by atoms with van der Waals surface area (Å²) in [5.74, 6) is 0.721. The van der Waals surface area contributed by atoms with E-state index >= 15 is 0 Å². The van der Waals surface area contributed by atoms with Crippen LogP contribution in [0.2, 0.25) is 0 Å². The van der Waals surface area contributed by atoms with Crippen molar-refractivity contribution in [1.29, 1.82) is 0 Å². The van der Waals surface area contributed by atoms with E-state index in [-0.39, 0.29) is 4.63 Å². The van der Waals surface area contributed by atoms with Crippen LogP contribution in [0.25, 0.3) is 0 Å². The van der Waals surface area contributed by atoms with Crippen LogP contribution in [0.4, 0.5) is 0 Å². The van der Waals surface area contributed by atoms with E-state index in [4.69, 9.17) is 34.8 Å². The molecule has 0 amide bonds. The number of alkyl halides is 1. The average Bonchev–Trinajstić information content (AvgIpc) is 1.87. The first-order chi connectivity index (χ1) is 4.77. The Labute approximate surface area is 76.4 Å². The van der Waals surface area contributed by atoms with Gasteiger partial charge in [0.25, 0.3) is 0 Å². The van der Waals surface area contributed by atoms with Crippen molar-refractivity contribution in [3.05, 3.63) is 0 Å². The molecule has 0 aliphatic carbocycles. The van der Waals surface area contributed by atoms with E-state index in [0.717, 1.165) is 25.1 Å². The maximum atomic E-state index is 5.46. The van der Waals surface area contributed by atoms with Crippen LogP contribution >= 0.6 is 34.8 Å². The number of unbranched alkanes of at least 4 members (excludes halogenated alkanes) is 2. The molecular weight excluding hydrogens is 192 g/mol. The van der Waals surface area contributed by atoms with E-state index in [0.29, 0.717) is 6.54 Å². The van der Waals surface area contributed by atoms with Gasteiger partial charge in [0, 0.05) is 12.4 Å². The Morgan fingerprint density at radius 1 is 1.10 bits per heavy atom. The second-order valence-electron chi connectivity index (χ2n) is 1.87. The average molecular weight is 203 g/mol. The monoisotopic (exact) mass is 201 g/mol. The summed E-state index contributed by atoms with van der Waals surface area (Å²) < 4.78 is 0.117.